The first kappa shape index (κ1) is 21.2. The minimum Gasteiger partial charge on any atom is -0.497 e. The number of urea groups is 1. The molecule has 4 amide bonds. The van der Waals surface area contributed by atoms with Crippen LogP contribution in [0, 0.1) is 0 Å². The van der Waals surface area contributed by atoms with E-state index in [-0.39, 0.29) is 24.4 Å². The maximum absolute atomic E-state index is 13.3. The average Bonchev–Trinajstić information content (AvgIpc) is 3.36. The second-order valence-corrected chi connectivity index (χ2v) is 8.21. The summed E-state index contributed by atoms with van der Waals surface area (Å²) in [5.74, 6) is -0.171. The Morgan fingerprint density at radius 3 is 2.52 bits per heavy atom. The fraction of sp³-hybridized carbons (Fsp3) is 0.348. The van der Waals surface area contributed by atoms with E-state index < -0.39 is 11.9 Å². The molecule has 1 atom stereocenters. The molecule has 1 saturated heterocycles. The van der Waals surface area contributed by atoms with Gasteiger partial charge in [0.1, 0.15) is 11.8 Å². The number of hydrogen-bond donors (Lipinski definition) is 1. The van der Waals surface area contributed by atoms with Crippen molar-refractivity contribution in [3.63, 3.8) is 0 Å². The molecule has 1 aliphatic heterocycles. The van der Waals surface area contributed by atoms with E-state index in [1.165, 1.54) is 12.0 Å². The summed E-state index contributed by atoms with van der Waals surface area (Å²) in [7, 11) is 1.53. The van der Waals surface area contributed by atoms with Gasteiger partial charge in [0.05, 0.1) is 19.2 Å². The standard InChI is InChI=1S/C23H24ClN3O4/c1-31-19-8-4-7-18(13-19)27-22(29)20(26(23(27)30)17-5-2-3-6-17)14-21(28)25-16-11-9-15(24)10-12-16/h4,7-13,17,20H,2-3,5-6,14H2,1H3,(H,25,28)/t20-/m1/s1. The summed E-state index contributed by atoms with van der Waals surface area (Å²) in [4.78, 5) is 42.2. The van der Waals surface area contributed by atoms with Gasteiger partial charge in [-0.3, -0.25) is 9.59 Å². The van der Waals surface area contributed by atoms with Crippen LogP contribution < -0.4 is 15.0 Å². The minimum absolute atomic E-state index is 0.0413. The number of nitrogens with zero attached hydrogens (tertiary/aromatic N) is 2. The zero-order valence-electron chi connectivity index (χ0n) is 17.2. The molecule has 2 fully saturated rings. The predicted octanol–water partition coefficient (Wildman–Crippen LogP) is 4.46. The van der Waals surface area contributed by atoms with Gasteiger partial charge in [0.25, 0.3) is 5.91 Å². The summed E-state index contributed by atoms with van der Waals surface area (Å²) in [6.07, 6.45) is 3.57. The molecule has 0 spiro atoms. The molecule has 4 rings (SSSR count). The van der Waals surface area contributed by atoms with E-state index in [0.717, 1.165) is 25.7 Å². The van der Waals surface area contributed by atoms with Crippen LogP contribution in [0.4, 0.5) is 16.2 Å². The van der Waals surface area contributed by atoms with Gasteiger partial charge in [-0.2, -0.15) is 0 Å². The Morgan fingerprint density at radius 1 is 1.13 bits per heavy atom. The maximum Gasteiger partial charge on any atom is 0.332 e. The van der Waals surface area contributed by atoms with Gasteiger partial charge in [0, 0.05) is 22.8 Å². The molecule has 8 heteroatoms. The first-order valence-electron chi connectivity index (χ1n) is 10.3. The minimum atomic E-state index is -0.839. The van der Waals surface area contributed by atoms with Gasteiger partial charge < -0.3 is 15.0 Å². The molecule has 1 saturated carbocycles. The van der Waals surface area contributed by atoms with E-state index in [0.29, 0.717) is 22.1 Å². The summed E-state index contributed by atoms with van der Waals surface area (Å²) >= 11 is 5.89. The van der Waals surface area contributed by atoms with Gasteiger partial charge in [0.2, 0.25) is 5.91 Å². The number of ether oxygens (including phenoxy) is 1. The number of hydrogen-bond acceptors (Lipinski definition) is 4. The third kappa shape index (κ3) is 4.37. The van der Waals surface area contributed by atoms with Gasteiger partial charge in [-0.05, 0) is 49.2 Å². The third-order valence-corrected chi connectivity index (χ3v) is 6.04. The number of imide groups is 1. The molecule has 7 nitrogen and oxygen atoms in total. The van der Waals surface area contributed by atoms with Crippen LogP contribution in [-0.2, 0) is 9.59 Å². The normalized spacial score (nSPS) is 19.2. The van der Waals surface area contributed by atoms with Crippen LogP contribution in [0.3, 0.4) is 0 Å². The van der Waals surface area contributed by atoms with Gasteiger partial charge in [-0.1, -0.05) is 30.5 Å². The van der Waals surface area contributed by atoms with E-state index >= 15 is 0 Å². The van der Waals surface area contributed by atoms with Crippen molar-refractivity contribution in [1.29, 1.82) is 0 Å². The van der Waals surface area contributed by atoms with Crippen LogP contribution in [0.5, 0.6) is 5.75 Å². The highest BCUT2D eigenvalue weighted by Crippen LogP contribution is 2.35. The molecule has 2 aromatic rings. The van der Waals surface area contributed by atoms with E-state index in [1.807, 2.05) is 0 Å². The van der Waals surface area contributed by atoms with Crippen molar-refractivity contribution >= 4 is 40.8 Å². The summed E-state index contributed by atoms with van der Waals surface area (Å²) in [6, 6.07) is 12.3. The molecule has 162 valence electrons. The van der Waals surface area contributed by atoms with Crippen LogP contribution >= 0.6 is 11.6 Å². The zero-order valence-corrected chi connectivity index (χ0v) is 18.0. The Kier molecular flexibility index (Phi) is 6.13. The Bertz CT molecular complexity index is 989. The SMILES string of the molecule is COc1cccc(N2C(=O)[C@@H](CC(=O)Nc3ccc(Cl)cc3)N(C3CCCC3)C2=O)c1. The number of nitrogens with one attached hydrogen (secondary N) is 1. The highest BCUT2D eigenvalue weighted by atomic mass is 35.5. The molecule has 1 heterocycles. The topological polar surface area (TPSA) is 79.0 Å². The highest BCUT2D eigenvalue weighted by molar-refractivity contribution is 6.30. The molecule has 0 bridgehead atoms. The number of rotatable bonds is 6. The van der Waals surface area contributed by atoms with Crippen molar-refractivity contribution in [2.45, 2.75) is 44.2 Å². The quantitative estimate of drug-likeness (QED) is 0.671. The number of methoxy groups -OCH3 is 1. The molecular formula is C23H24ClN3O4. The second kappa shape index (κ2) is 8.98. The summed E-state index contributed by atoms with van der Waals surface area (Å²) in [5.41, 5.74) is 1.03. The van der Waals surface area contributed by atoms with E-state index in [2.05, 4.69) is 5.32 Å². The monoisotopic (exact) mass is 441 g/mol. The van der Waals surface area contributed by atoms with Crippen molar-refractivity contribution in [2.24, 2.45) is 0 Å². The van der Waals surface area contributed by atoms with E-state index in [4.69, 9.17) is 16.3 Å². The summed E-state index contributed by atoms with van der Waals surface area (Å²) < 4.78 is 5.24. The van der Waals surface area contributed by atoms with Crippen molar-refractivity contribution in [2.75, 3.05) is 17.3 Å². The second-order valence-electron chi connectivity index (χ2n) is 7.78. The fourth-order valence-electron chi connectivity index (χ4n) is 4.30. The van der Waals surface area contributed by atoms with Crippen molar-refractivity contribution in [1.82, 2.24) is 4.90 Å². The van der Waals surface area contributed by atoms with Crippen LogP contribution in [-0.4, -0.2) is 41.9 Å². The lowest BCUT2D eigenvalue weighted by atomic mass is 10.1. The number of carbonyl (C=O) groups excluding carboxylic acids is 3. The first-order valence-corrected chi connectivity index (χ1v) is 10.7. The number of amides is 4. The van der Waals surface area contributed by atoms with Crippen molar-refractivity contribution in [3.8, 4) is 5.75 Å². The first-order chi connectivity index (χ1) is 15.0. The van der Waals surface area contributed by atoms with E-state index in [1.54, 1.807) is 53.4 Å². The van der Waals surface area contributed by atoms with Gasteiger partial charge in [0.15, 0.2) is 0 Å². The molecular weight excluding hydrogens is 418 g/mol. The molecule has 0 unspecified atom stereocenters. The van der Waals surface area contributed by atoms with E-state index in [9.17, 15) is 14.4 Å². The van der Waals surface area contributed by atoms with Crippen molar-refractivity contribution in [3.05, 3.63) is 53.6 Å². The molecule has 0 aromatic heterocycles. The largest absolute Gasteiger partial charge is 0.497 e. The van der Waals surface area contributed by atoms with Crippen LogP contribution in [0.2, 0.25) is 5.02 Å². The highest BCUT2D eigenvalue weighted by Gasteiger charge is 2.49. The average molecular weight is 442 g/mol. The zero-order chi connectivity index (χ0) is 22.0. The predicted molar refractivity (Wildman–Crippen MR) is 118 cm³/mol. The van der Waals surface area contributed by atoms with Gasteiger partial charge in [-0.15, -0.1) is 0 Å². The lowest BCUT2D eigenvalue weighted by Gasteiger charge is -2.27. The molecule has 1 aliphatic carbocycles. The smallest absolute Gasteiger partial charge is 0.332 e. The van der Waals surface area contributed by atoms with Gasteiger partial charge in [-0.25, -0.2) is 9.69 Å². The number of anilines is 2. The molecule has 31 heavy (non-hydrogen) atoms. The lowest BCUT2D eigenvalue weighted by Crippen LogP contribution is -2.43. The Morgan fingerprint density at radius 2 is 1.84 bits per heavy atom. The Balaban J connectivity index is 1.58. The van der Waals surface area contributed by atoms with Crippen LogP contribution in [0.15, 0.2) is 48.5 Å². The Hall–Kier alpha value is -3.06. The molecule has 2 aliphatic rings. The summed E-state index contributed by atoms with van der Waals surface area (Å²) in [6.45, 7) is 0. The Labute approximate surface area is 185 Å². The maximum atomic E-state index is 13.3. The van der Waals surface area contributed by atoms with Crippen molar-refractivity contribution < 1.29 is 19.1 Å². The molecule has 1 N–H and O–H groups in total. The number of carbonyl (C=O) groups is 3. The van der Waals surface area contributed by atoms with Crippen LogP contribution in [0.1, 0.15) is 32.1 Å². The molecule has 0 radical (unpaired) electrons. The number of benzene rings is 2. The third-order valence-electron chi connectivity index (χ3n) is 5.79. The molecule has 2 aromatic carbocycles. The summed E-state index contributed by atoms with van der Waals surface area (Å²) in [5, 5.41) is 3.35. The lowest BCUT2D eigenvalue weighted by molar-refractivity contribution is -0.124. The van der Waals surface area contributed by atoms with Gasteiger partial charge >= 0.3 is 6.03 Å². The van der Waals surface area contributed by atoms with Crippen LogP contribution in [0.25, 0.3) is 0 Å². The fourth-order valence-corrected chi connectivity index (χ4v) is 4.42. The number of halogens is 1.